The van der Waals surface area contributed by atoms with Crippen molar-refractivity contribution < 1.29 is 18.0 Å². The van der Waals surface area contributed by atoms with Crippen LogP contribution in [0, 0.1) is 0 Å². The molecule has 2 aliphatic heterocycles. The molecule has 0 bridgehead atoms. The highest BCUT2D eigenvalue weighted by Gasteiger charge is 2.41. The first-order valence-electron chi connectivity index (χ1n) is 10.1. The summed E-state index contributed by atoms with van der Waals surface area (Å²) in [5.41, 5.74) is 2.25. The summed E-state index contributed by atoms with van der Waals surface area (Å²) in [6, 6.07) is 14.3. The first kappa shape index (κ1) is 20.4. The van der Waals surface area contributed by atoms with Gasteiger partial charge in [-0.25, -0.2) is 12.7 Å². The lowest BCUT2D eigenvalue weighted by Crippen LogP contribution is -2.48. The van der Waals surface area contributed by atoms with Crippen LogP contribution in [0.5, 0.6) is 0 Å². The third-order valence-corrected chi connectivity index (χ3v) is 7.69. The Balaban J connectivity index is 1.50. The van der Waals surface area contributed by atoms with Crippen molar-refractivity contribution in [3.8, 4) is 0 Å². The molecule has 2 aromatic carbocycles. The predicted octanol–water partition coefficient (Wildman–Crippen LogP) is 2.30. The highest BCUT2D eigenvalue weighted by Crippen LogP contribution is 2.32. The largest absolute Gasteiger partial charge is 0.368 e. The molecule has 2 heterocycles. The molecule has 1 atom stereocenters. The molecule has 0 spiro atoms. The summed E-state index contributed by atoms with van der Waals surface area (Å²) < 4.78 is 26.6. The van der Waals surface area contributed by atoms with E-state index in [1.807, 2.05) is 30.0 Å². The number of nitrogens with zero attached hydrogens (tertiary/aromatic N) is 3. The smallest absolute Gasteiger partial charge is 0.269 e. The van der Waals surface area contributed by atoms with Gasteiger partial charge in [-0.2, -0.15) is 0 Å². The molecule has 7 nitrogen and oxygen atoms in total. The van der Waals surface area contributed by atoms with Crippen molar-refractivity contribution in [3.05, 3.63) is 59.7 Å². The number of rotatable bonds is 4. The van der Waals surface area contributed by atoms with Gasteiger partial charge in [-0.3, -0.25) is 9.59 Å². The van der Waals surface area contributed by atoms with Crippen LogP contribution in [0.25, 0.3) is 0 Å². The molecule has 2 aromatic rings. The highest BCUT2D eigenvalue weighted by atomic mass is 32.2. The van der Waals surface area contributed by atoms with Crippen LogP contribution in [0.2, 0.25) is 0 Å². The van der Waals surface area contributed by atoms with Crippen LogP contribution in [0.3, 0.4) is 0 Å². The van der Waals surface area contributed by atoms with E-state index in [1.165, 1.54) is 6.07 Å². The Morgan fingerprint density at radius 2 is 1.73 bits per heavy atom. The van der Waals surface area contributed by atoms with Crippen LogP contribution < -0.4 is 4.90 Å². The fourth-order valence-electron chi connectivity index (χ4n) is 4.07. The maximum Gasteiger partial charge on any atom is 0.269 e. The van der Waals surface area contributed by atoms with Crippen LogP contribution in [-0.4, -0.2) is 62.2 Å². The van der Waals surface area contributed by atoms with Crippen molar-refractivity contribution in [3.63, 3.8) is 0 Å². The normalized spacial score (nSPS) is 19.0. The monoisotopic (exact) mass is 427 g/mol. The van der Waals surface area contributed by atoms with Crippen molar-refractivity contribution in [2.45, 2.75) is 24.7 Å². The zero-order valence-corrected chi connectivity index (χ0v) is 17.9. The second-order valence-corrected chi connectivity index (χ2v) is 9.66. The van der Waals surface area contributed by atoms with Crippen molar-refractivity contribution >= 4 is 27.5 Å². The molecule has 0 saturated carbocycles. The van der Waals surface area contributed by atoms with E-state index in [0.717, 1.165) is 28.6 Å². The van der Waals surface area contributed by atoms with Gasteiger partial charge < -0.3 is 9.80 Å². The first-order chi connectivity index (χ1) is 14.3. The number of benzene rings is 2. The van der Waals surface area contributed by atoms with Crippen molar-refractivity contribution in [2.75, 3.05) is 37.6 Å². The number of carbonyl (C=O) groups is 2. The maximum absolute atomic E-state index is 12.8. The maximum atomic E-state index is 12.8. The Labute approximate surface area is 176 Å². The molecule has 0 aliphatic carbocycles. The van der Waals surface area contributed by atoms with Crippen LogP contribution in [0.15, 0.2) is 53.4 Å². The summed E-state index contributed by atoms with van der Waals surface area (Å²) in [5.74, 6) is -0.528. The number of piperazine rings is 1. The van der Waals surface area contributed by atoms with E-state index < -0.39 is 15.9 Å². The van der Waals surface area contributed by atoms with Gasteiger partial charge in [-0.1, -0.05) is 31.2 Å². The van der Waals surface area contributed by atoms with Gasteiger partial charge in [-0.05, 0) is 35.7 Å². The Bertz CT molecular complexity index is 1090. The molecule has 1 unspecified atom stereocenters. The van der Waals surface area contributed by atoms with Crippen molar-refractivity contribution in [1.82, 2.24) is 9.21 Å². The Kier molecular flexibility index (Phi) is 5.27. The molecule has 2 amide bonds. The summed E-state index contributed by atoms with van der Waals surface area (Å²) >= 11 is 0. The average Bonchev–Trinajstić information content (AvgIpc) is 2.95. The lowest BCUT2D eigenvalue weighted by molar-refractivity contribution is -0.129. The van der Waals surface area contributed by atoms with E-state index in [9.17, 15) is 18.0 Å². The molecular weight excluding hydrogens is 402 g/mol. The summed E-state index contributed by atoms with van der Waals surface area (Å²) in [5, 5.41) is 0. The number of fused-ring (bicyclic) bond motifs is 1. The summed E-state index contributed by atoms with van der Waals surface area (Å²) in [4.78, 5) is 28.4. The van der Waals surface area contributed by atoms with Gasteiger partial charge in [0.05, 0.1) is 5.56 Å². The standard InChI is InChI=1S/C22H25N3O4S/c1-16(15-25-22(27)20-8-3-4-9-21(20)30(25,28)29)18-6-5-7-19(14-18)24-12-10-23(11-13-24)17(2)26/h3-9,14,16H,10-13,15H2,1-2H3. The van der Waals surface area contributed by atoms with Gasteiger partial charge in [0.15, 0.2) is 0 Å². The van der Waals surface area contributed by atoms with Gasteiger partial charge in [0, 0.05) is 45.3 Å². The van der Waals surface area contributed by atoms with E-state index in [1.54, 1.807) is 25.1 Å². The van der Waals surface area contributed by atoms with E-state index in [-0.39, 0.29) is 28.8 Å². The van der Waals surface area contributed by atoms with Gasteiger partial charge in [-0.15, -0.1) is 0 Å². The Morgan fingerprint density at radius 3 is 2.40 bits per heavy atom. The fraction of sp³-hybridized carbons (Fsp3) is 0.364. The molecule has 1 saturated heterocycles. The van der Waals surface area contributed by atoms with Crippen molar-refractivity contribution in [1.29, 1.82) is 0 Å². The molecule has 158 valence electrons. The number of carbonyl (C=O) groups excluding carboxylic acids is 2. The molecule has 0 aromatic heterocycles. The van der Waals surface area contributed by atoms with Gasteiger partial charge in [0.2, 0.25) is 5.91 Å². The van der Waals surface area contributed by atoms with Crippen LogP contribution in [-0.2, 0) is 14.8 Å². The van der Waals surface area contributed by atoms with Gasteiger partial charge in [0.1, 0.15) is 4.90 Å². The van der Waals surface area contributed by atoms with Crippen molar-refractivity contribution in [2.24, 2.45) is 0 Å². The number of amides is 2. The summed E-state index contributed by atoms with van der Waals surface area (Å²) in [7, 11) is -3.81. The number of hydrogen-bond donors (Lipinski definition) is 0. The summed E-state index contributed by atoms with van der Waals surface area (Å²) in [6.07, 6.45) is 0. The number of anilines is 1. The zero-order valence-electron chi connectivity index (χ0n) is 17.1. The van der Waals surface area contributed by atoms with Gasteiger partial charge in [0.25, 0.3) is 15.9 Å². The minimum Gasteiger partial charge on any atom is -0.368 e. The molecule has 2 aliphatic rings. The fourth-order valence-corrected chi connectivity index (χ4v) is 5.73. The lowest BCUT2D eigenvalue weighted by atomic mass is 10.00. The molecule has 0 radical (unpaired) electrons. The first-order valence-corrected chi connectivity index (χ1v) is 11.5. The molecule has 30 heavy (non-hydrogen) atoms. The second-order valence-electron chi connectivity index (χ2n) is 7.83. The van der Waals surface area contributed by atoms with Crippen LogP contribution in [0.1, 0.15) is 35.7 Å². The number of hydrogen-bond acceptors (Lipinski definition) is 5. The SMILES string of the molecule is CC(=O)N1CCN(c2cccc(C(C)CN3C(=O)c4ccccc4S3(=O)=O)c2)CC1. The lowest BCUT2D eigenvalue weighted by Gasteiger charge is -2.36. The van der Waals surface area contributed by atoms with E-state index >= 15 is 0 Å². The predicted molar refractivity (Wildman–Crippen MR) is 114 cm³/mol. The van der Waals surface area contributed by atoms with Gasteiger partial charge >= 0.3 is 0 Å². The minimum absolute atomic E-state index is 0.0827. The molecular formula is C22H25N3O4S. The highest BCUT2D eigenvalue weighted by molar-refractivity contribution is 7.90. The van der Waals surface area contributed by atoms with E-state index in [2.05, 4.69) is 11.0 Å². The Morgan fingerprint density at radius 1 is 1.03 bits per heavy atom. The molecule has 4 rings (SSSR count). The third-order valence-electron chi connectivity index (χ3n) is 5.88. The minimum atomic E-state index is -3.81. The molecule has 1 fully saturated rings. The van der Waals surface area contributed by atoms with Crippen LogP contribution in [0.4, 0.5) is 5.69 Å². The Hall–Kier alpha value is -2.87. The summed E-state index contributed by atoms with van der Waals surface area (Å²) in [6.45, 7) is 6.50. The quantitative estimate of drug-likeness (QED) is 0.748. The number of sulfonamides is 1. The third kappa shape index (κ3) is 3.56. The average molecular weight is 428 g/mol. The van der Waals surface area contributed by atoms with E-state index in [0.29, 0.717) is 13.1 Å². The second kappa shape index (κ2) is 7.75. The van der Waals surface area contributed by atoms with Crippen LogP contribution >= 0.6 is 0 Å². The molecule has 0 N–H and O–H groups in total. The zero-order chi connectivity index (χ0) is 21.5. The van der Waals surface area contributed by atoms with E-state index in [4.69, 9.17) is 0 Å². The molecule has 8 heteroatoms. The topological polar surface area (TPSA) is 78.0 Å².